The summed E-state index contributed by atoms with van der Waals surface area (Å²) in [4.78, 5) is 26.1. The van der Waals surface area contributed by atoms with E-state index >= 15 is 0 Å². The fraction of sp³-hybridized carbons (Fsp3) is 0.118. The zero-order valence-electron chi connectivity index (χ0n) is 14.3. The van der Waals surface area contributed by atoms with Gasteiger partial charge in [0.15, 0.2) is 0 Å². The first-order chi connectivity index (χ1) is 12.9. The van der Waals surface area contributed by atoms with Gasteiger partial charge < -0.3 is 9.84 Å². The first-order valence-corrected chi connectivity index (χ1v) is 7.70. The molecule has 0 aliphatic carbocycles. The normalized spacial score (nSPS) is 11.4. The number of benzene rings is 2. The number of hydrogen-bond donors (Lipinski definition) is 1. The highest BCUT2D eigenvalue weighted by molar-refractivity contribution is 5.89. The van der Waals surface area contributed by atoms with Crippen molar-refractivity contribution >= 4 is 17.3 Å². The average Bonchev–Trinajstić information content (AvgIpc) is 3.04. The lowest BCUT2D eigenvalue weighted by Crippen LogP contribution is -2.44. The molecule has 0 aliphatic heterocycles. The molecule has 0 atom stereocenters. The topological polar surface area (TPSA) is 138 Å². The fourth-order valence-electron chi connectivity index (χ4n) is 2.41. The van der Waals surface area contributed by atoms with Gasteiger partial charge in [-0.15, -0.1) is 0 Å². The third-order valence-electron chi connectivity index (χ3n) is 3.79. The quantitative estimate of drug-likeness (QED) is 0.233. The lowest BCUT2D eigenvalue weighted by molar-refractivity contribution is -0.673. The zero-order valence-corrected chi connectivity index (χ0v) is 14.3. The second-order valence-electron chi connectivity index (χ2n) is 5.51. The summed E-state index contributed by atoms with van der Waals surface area (Å²) >= 11 is 0. The molecule has 1 N–H and O–H groups in total. The Kier molecular flexibility index (Phi) is 4.71. The lowest BCUT2D eigenvalue weighted by atomic mass is 10.2. The summed E-state index contributed by atoms with van der Waals surface area (Å²) in [5, 5.41) is 25.7. The number of ether oxygens (including phenoxy) is 1. The largest absolute Gasteiger partial charge is 0.854 e. The smallest absolute Gasteiger partial charge is 0.436 e. The van der Waals surface area contributed by atoms with Gasteiger partial charge in [-0.05, 0) is 40.6 Å². The summed E-state index contributed by atoms with van der Waals surface area (Å²) in [6.45, 7) is 1.58. The molecule has 0 saturated heterocycles. The summed E-state index contributed by atoms with van der Waals surface area (Å²) in [5.41, 5.74) is -0.244. The standard InChI is InChI=1S/C17H14N4O6/c1-10-9-12(21(24)25)5-8-14(10)18-16(22)15-17(23)27-19-20(15)11-3-6-13(26-2)7-4-11/h3-9H,1-2H3,(H-,18,19,22,23). The number of nitrogens with one attached hydrogen (secondary N) is 1. The molecular weight excluding hydrogens is 356 g/mol. The molecule has 0 radical (unpaired) electrons. The number of rotatable bonds is 5. The van der Waals surface area contributed by atoms with Crippen LogP contribution in [0, 0.1) is 17.0 Å². The van der Waals surface area contributed by atoms with Crippen LogP contribution in [-0.2, 0) is 0 Å². The van der Waals surface area contributed by atoms with Crippen LogP contribution in [0.15, 0.2) is 56.8 Å². The molecule has 2 aromatic carbocycles. The first-order valence-electron chi connectivity index (χ1n) is 7.70. The molecule has 1 heterocycles. The van der Waals surface area contributed by atoms with Crippen molar-refractivity contribution in [2.45, 2.75) is 6.92 Å². The van der Waals surface area contributed by atoms with E-state index in [1.807, 2.05) is 0 Å². The predicted molar refractivity (Wildman–Crippen MR) is 91.4 cm³/mol. The van der Waals surface area contributed by atoms with E-state index < -0.39 is 16.4 Å². The molecule has 0 unspecified atom stereocenters. The molecule has 27 heavy (non-hydrogen) atoms. The van der Waals surface area contributed by atoms with Gasteiger partial charge in [0.1, 0.15) is 5.75 Å². The summed E-state index contributed by atoms with van der Waals surface area (Å²) < 4.78 is 11.0. The number of hydrogen-bond acceptors (Lipinski definition) is 7. The second-order valence-corrected chi connectivity index (χ2v) is 5.51. The summed E-state index contributed by atoms with van der Waals surface area (Å²) in [5.74, 6) is -0.248. The third kappa shape index (κ3) is 3.54. The van der Waals surface area contributed by atoms with Crippen molar-refractivity contribution in [3.8, 4) is 11.4 Å². The Morgan fingerprint density at radius 1 is 1.26 bits per heavy atom. The highest BCUT2D eigenvalue weighted by Gasteiger charge is 2.24. The maximum Gasteiger partial charge on any atom is 0.436 e. The van der Waals surface area contributed by atoms with Gasteiger partial charge in [-0.2, -0.15) is 0 Å². The van der Waals surface area contributed by atoms with Crippen LogP contribution in [0.2, 0.25) is 0 Å². The number of aryl methyl sites for hydroxylation is 1. The van der Waals surface area contributed by atoms with E-state index in [4.69, 9.17) is 9.26 Å². The molecule has 10 nitrogen and oxygen atoms in total. The Labute approximate surface area is 152 Å². The minimum atomic E-state index is -0.890. The third-order valence-corrected chi connectivity index (χ3v) is 3.79. The number of aliphatic imine (C=N–C) groups is 1. The maximum atomic E-state index is 12.6. The predicted octanol–water partition coefficient (Wildman–Crippen LogP) is 0.908. The Morgan fingerprint density at radius 3 is 2.56 bits per heavy atom. The molecule has 0 fully saturated rings. The van der Waals surface area contributed by atoms with Gasteiger partial charge in [-0.1, -0.05) is 0 Å². The highest BCUT2D eigenvalue weighted by atomic mass is 16.6. The Bertz CT molecular complexity index is 1080. The molecular formula is C17H14N4O6. The molecule has 0 spiro atoms. The Hall–Kier alpha value is -3.95. The van der Waals surface area contributed by atoms with Crippen molar-refractivity contribution in [2.24, 2.45) is 4.99 Å². The molecule has 3 aromatic rings. The zero-order chi connectivity index (χ0) is 19.6. The molecule has 138 valence electrons. The van der Waals surface area contributed by atoms with Crippen molar-refractivity contribution in [1.29, 1.82) is 0 Å². The lowest BCUT2D eigenvalue weighted by Gasteiger charge is -2.06. The molecule has 0 bridgehead atoms. The molecule has 0 amide bonds. The number of H-pyrrole nitrogens is 1. The summed E-state index contributed by atoms with van der Waals surface area (Å²) in [6.07, 6.45) is 0. The van der Waals surface area contributed by atoms with Gasteiger partial charge in [-0.25, -0.2) is 4.79 Å². The van der Waals surface area contributed by atoms with Crippen LogP contribution in [0.4, 0.5) is 11.4 Å². The number of aromatic amines is 1. The first kappa shape index (κ1) is 17.9. The van der Waals surface area contributed by atoms with Crippen LogP contribution in [0.25, 0.3) is 5.69 Å². The van der Waals surface area contributed by atoms with Crippen LogP contribution in [0.3, 0.4) is 0 Å². The summed E-state index contributed by atoms with van der Waals surface area (Å²) in [7, 11) is 1.52. The van der Waals surface area contributed by atoms with Crippen molar-refractivity contribution in [3.63, 3.8) is 0 Å². The van der Waals surface area contributed by atoms with E-state index in [0.29, 0.717) is 17.0 Å². The van der Waals surface area contributed by atoms with E-state index in [0.717, 1.165) is 4.68 Å². The van der Waals surface area contributed by atoms with Crippen LogP contribution < -0.4 is 20.2 Å². The SMILES string of the molecule is COc1ccc(-[n+]2[nH]oc(=O)c2C([O-])=Nc2ccc([N+](=O)[O-])cc2C)cc1. The fourth-order valence-corrected chi connectivity index (χ4v) is 2.41. The number of non-ortho nitro benzene ring substituents is 1. The van der Waals surface area contributed by atoms with Gasteiger partial charge in [0.2, 0.25) is 5.69 Å². The summed E-state index contributed by atoms with van der Waals surface area (Å²) in [6, 6.07) is 10.4. The second kappa shape index (κ2) is 7.12. The van der Waals surface area contributed by atoms with Crippen LogP contribution in [-0.4, -0.2) is 23.2 Å². The van der Waals surface area contributed by atoms with E-state index in [-0.39, 0.29) is 17.1 Å². The van der Waals surface area contributed by atoms with Crippen molar-refractivity contribution in [2.75, 3.05) is 7.11 Å². The monoisotopic (exact) mass is 370 g/mol. The average molecular weight is 370 g/mol. The highest BCUT2D eigenvalue weighted by Crippen LogP contribution is 2.23. The van der Waals surface area contributed by atoms with E-state index in [2.05, 4.69) is 10.3 Å². The van der Waals surface area contributed by atoms with Gasteiger partial charge >= 0.3 is 11.3 Å². The Balaban J connectivity index is 2.03. The molecule has 3 rings (SSSR count). The van der Waals surface area contributed by atoms with Gasteiger partial charge in [0.25, 0.3) is 5.69 Å². The molecule has 0 aliphatic rings. The van der Waals surface area contributed by atoms with Crippen molar-refractivity contribution in [3.05, 3.63) is 74.3 Å². The van der Waals surface area contributed by atoms with Crippen LogP contribution in [0.5, 0.6) is 5.75 Å². The van der Waals surface area contributed by atoms with Crippen LogP contribution in [0.1, 0.15) is 11.3 Å². The van der Waals surface area contributed by atoms with Crippen LogP contribution >= 0.6 is 0 Å². The van der Waals surface area contributed by atoms with Gasteiger partial charge in [0, 0.05) is 24.3 Å². The van der Waals surface area contributed by atoms with E-state index in [1.54, 1.807) is 31.2 Å². The number of aromatic nitrogens is 2. The minimum Gasteiger partial charge on any atom is -0.854 e. The minimum absolute atomic E-state index is 0.117. The van der Waals surface area contributed by atoms with Gasteiger partial charge in [-0.3, -0.25) is 19.6 Å². The van der Waals surface area contributed by atoms with Crippen molar-refractivity contribution in [1.82, 2.24) is 5.27 Å². The Morgan fingerprint density at radius 2 is 1.96 bits per heavy atom. The number of nitrogens with zero attached hydrogens (tertiary/aromatic N) is 3. The van der Waals surface area contributed by atoms with E-state index in [1.165, 1.54) is 25.3 Å². The number of methoxy groups -OCH3 is 1. The number of nitro benzene ring substituents is 1. The van der Waals surface area contributed by atoms with E-state index in [9.17, 15) is 20.0 Å². The van der Waals surface area contributed by atoms with Crippen molar-refractivity contribution < 1.29 is 24.0 Å². The maximum absolute atomic E-state index is 12.6. The molecule has 10 heteroatoms. The number of nitro groups is 1. The molecule has 0 saturated carbocycles. The van der Waals surface area contributed by atoms with Gasteiger partial charge in [0.05, 0.1) is 23.6 Å². The molecule has 1 aromatic heterocycles.